The van der Waals surface area contributed by atoms with Gasteiger partial charge in [-0.3, -0.25) is 9.69 Å². The van der Waals surface area contributed by atoms with Crippen LogP contribution in [-0.4, -0.2) is 35.0 Å². The second-order valence-corrected chi connectivity index (χ2v) is 8.09. The fraction of sp³-hybridized carbons (Fsp3) is 0.500. The Labute approximate surface area is 159 Å². The van der Waals surface area contributed by atoms with Crippen molar-refractivity contribution in [3.05, 3.63) is 39.8 Å². The smallest absolute Gasteiger partial charge is 0.267 e. The molecule has 1 aliphatic rings. The highest BCUT2D eigenvalue weighted by atomic mass is 32.1. The van der Waals surface area contributed by atoms with Gasteiger partial charge in [0, 0.05) is 5.69 Å². The van der Waals surface area contributed by atoms with E-state index in [0.29, 0.717) is 4.88 Å². The van der Waals surface area contributed by atoms with Gasteiger partial charge < -0.3 is 10.1 Å². The van der Waals surface area contributed by atoms with Gasteiger partial charge in [0.2, 0.25) is 0 Å². The Hall–Kier alpha value is -1.92. The van der Waals surface area contributed by atoms with Gasteiger partial charge in [-0.25, -0.2) is 4.98 Å². The summed E-state index contributed by atoms with van der Waals surface area (Å²) in [7, 11) is 0. The molecule has 1 saturated heterocycles. The summed E-state index contributed by atoms with van der Waals surface area (Å²) in [4.78, 5) is 20.3. The van der Waals surface area contributed by atoms with Crippen molar-refractivity contribution in [2.24, 2.45) is 0 Å². The van der Waals surface area contributed by atoms with Crippen LogP contribution >= 0.6 is 11.3 Å². The van der Waals surface area contributed by atoms with E-state index in [1.807, 2.05) is 45.0 Å². The van der Waals surface area contributed by atoms with Crippen LogP contribution in [0.3, 0.4) is 0 Å². The topological polar surface area (TPSA) is 54.5 Å². The van der Waals surface area contributed by atoms with Crippen molar-refractivity contribution in [2.75, 3.05) is 18.4 Å². The van der Waals surface area contributed by atoms with Crippen molar-refractivity contribution in [3.63, 3.8) is 0 Å². The van der Waals surface area contributed by atoms with Crippen molar-refractivity contribution in [1.82, 2.24) is 9.88 Å². The number of nitrogens with zero attached hydrogens (tertiary/aromatic N) is 2. The van der Waals surface area contributed by atoms with Crippen LogP contribution in [0.15, 0.2) is 24.3 Å². The highest BCUT2D eigenvalue weighted by molar-refractivity contribution is 7.13. The van der Waals surface area contributed by atoms with E-state index in [1.165, 1.54) is 30.6 Å². The quantitative estimate of drug-likeness (QED) is 0.811. The van der Waals surface area contributed by atoms with Gasteiger partial charge in [-0.15, -0.1) is 11.3 Å². The van der Waals surface area contributed by atoms with Crippen LogP contribution in [0.4, 0.5) is 5.69 Å². The van der Waals surface area contributed by atoms with Gasteiger partial charge in [-0.1, -0.05) is 6.42 Å². The van der Waals surface area contributed by atoms with E-state index >= 15 is 0 Å². The minimum atomic E-state index is -0.0950. The molecular weight excluding hydrogens is 346 g/mol. The van der Waals surface area contributed by atoms with Gasteiger partial charge in [0.05, 0.1) is 18.3 Å². The van der Waals surface area contributed by atoms with Gasteiger partial charge in [0.1, 0.15) is 15.6 Å². The first-order valence-electron chi connectivity index (χ1n) is 9.28. The lowest BCUT2D eigenvalue weighted by molar-refractivity contribution is 0.102. The summed E-state index contributed by atoms with van der Waals surface area (Å²) in [5.41, 5.74) is 1.57. The van der Waals surface area contributed by atoms with Gasteiger partial charge in [-0.05, 0) is 71.0 Å². The summed E-state index contributed by atoms with van der Waals surface area (Å²) < 4.78 is 5.63. The molecule has 2 aromatic rings. The molecule has 0 radical (unpaired) electrons. The Balaban J connectivity index is 1.62. The van der Waals surface area contributed by atoms with Gasteiger partial charge in [0.15, 0.2) is 0 Å². The molecule has 1 N–H and O–H groups in total. The van der Waals surface area contributed by atoms with E-state index in [2.05, 4.69) is 15.2 Å². The van der Waals surface area contributed by atoms with Crippen LogP contribution < -0.4 is 10.1 Å². The highest BCUT2D eigenvalue weighted by Crippen LogP contribution is 2.23. The average molecular weight is 374 g/mol. The number of aryl methyl sites for hydroxylation is 1. The molecule has 1 aromatic carbocycles. The largest absolute Gasteiger partial charge is 0.491 e. The molecule has 1 fully saturated rings. The predicted molar refractivity (Wildman–Crippen MR) is 106 cm³/mol. The number of anilines is 1. The van der Waals surface area contributed by atoms with Crippen molar-refractivity contribution in [3.8, 4) is 5.75 Å². The number of nitrogens with one attached hydrogen (secondary N) is 1. The Morgan fingerprint density at radius 3 is 2.58 bits per heavy atom. The summed E-state index contributed by atoms with van der Waals surface area (Å²) in [6, 6.07) is 7.47. The molecule has 1 aromatic heterocycles. The number of rotatable bonds is 6. The van der Waals surface area contributed by atoms with Crippen LogP contribution in [0.2, 0.25) is 0 Å². The number of ether oxygens (including phenoxy) is 1. The molecule has 0 spiro atoms. The van der Waals surface area contributed by atoms with Crippen LogP contribution in [0.1, 0.15) is 53.5 Å². The van der Waals surface area contributed by atoms with E-state index < -0.39 is 0 Å². The Morgan fingerprint density at radius 2 is 1.92 bits per heavy atom. The fourth-order valence-corrected chi connectivity index (χ4v) is 4.12. The third kappa shape index (κ3) is 5.05. The average Bonchev–Trinajstić information content (AvgIpc) is 2.97. The van der Waals surface area contributed by atoms with E-state index in [1.54, 1.807) is 0 Å². The minimum absolute atomic E-state index is 0.0950. The molecule has 140 valence electrons. The predicted octanol–water partition coefficient (Wildman–Crippen LogP) is 4.48. The van der Waals surface area contributed by atoms with E-state index in [0.717, 1.165) is 41.8 Å². The van der Waals surface area contributed by atoms with Gasteiger partial charge in [-0.2, -0.15) is 0 Å². The number of benzene rings is 1. The number of likely N-dealkylation sites (tertiary alicyclic amines) is 1. The minimum Gasteiger partial charge on any atom is -0.491 e. The van der Waals surface area contributed by atoms with Gasteiger partial charge >= 0.3 is 0 Å². The maximum Gasteiger partial charge on any atom is 0.267 e. The zero-order valence-corrected chi connectivity index (χ0v) is 16.6. The maximum atomic E-state index is 12.6. The number of hydrogen-bond donors (Lipinski definition) is 1. The number of hydrogen-bond acceptors (Lipinski definition) is 5. The monoisotopic (exact) mass is 373 g/mol. The van der Waals surface area contributed by atoms with E-state index in [4.69, 9.17) is 4.74 Å². The van der Waals surface area contributed by atoms with Crippen LogP contribution in [0.25, 0.3) is 0 Å². The highest BCUT2D eigenvalue weighted by Gasteiger charge is 2.18. The molecule has 0 atom stereocenters. The maximum absolute atomic E-state index is 12.6. The first kappa shape index (κ1) is 18.9. The molecule has 0 unspecified atom stereocenters. The normalized spacial score (nSPS) is 15.2. The standard InChI is InChI=1S/C20H27N3O2S/c1-14(2)25-17-9-7-16(8-10-17)22-20(24)19-15(3)21-18(26-19)13-23-11-5-4-6-12-23/h7-10,14H,4-6,11-13H2,1-3H3,(H,22,24). The summed E-state index contributed by atoms with van der Waals surface area (Å²) in [6.07, 6.45) is 3.97. The van der Waals surface area contributed by atoms with Crippen molar-refractivity contribution in [1.29, 1.82) is 0 Å². The molecule has 6 heteroatoms. The van der Waals surface area contributed by atoms with Gasteiger partial charge in [0.25, 0.3) is 5.91 Å². The van der Waals surface area contributed by atoms with Crippen molar-refractivity contribution >= 4 is 22.9 Å². The molecule has 1 amide bonds. The number of aromatic nitrogens is 1. The number of carbonyl (C=O) groups excluding carboxylic acids is 1. The second kappa shape index (κ2) is 8.64. The van der Waals surface area contributed by atoms with Crippen LogP contribution in [0.5, 0.6) is 5.75 Å². The third-order valence-electron chi connectivity index (χ3n) is 4.34. The molecule has 5 nitrogen and oxygen atoms in total. The second-order valence-electron chi connectivity index (χ2n) is 7.00. The first-order valence-corrected chi connectivity index (χ1v) is 10.1. The number of piperidine rings is 1. The number of amides is 1. The molecule has 3 rings (SSSR count). The van der Waals surface area contributed by atoms with Crippen LogP contribution in [0, 0.1) is 6.92 Å². The summed E-state index contributed by atoms with van der Waals surface area (Å²) >= 11 is 1.50. The SMILES string of the molecule is Cc1nc(CN2CCCCC2)sc1C(=O)Nc1ccc(OC(C)C)cc1. The lowest BCUT2D eigenvalue weighted by Gasteiger charge is -2.25. The molecule has 0 aliphatic carbocycles. The van der Waals surface area contributed by atoms with E-state index in [-0.39, 0.29) is 12.0 Å². The number of thiazole rings is 1. The summed E-state index contributed by atoms with van der Waals surface area (Å²) in [6.45, 7) is 8.99. The lowest BCUT2D eigenvalue weighted by atomic mass is 10.1. The Morgan fingerprint density at radius 1 is 1.23 bits per heavy atom. The fourth-order valence-electron chi connectivity index (χ4n) is 3.12. The van der Waals surface area contributed by atoms with Crippen molar-refractivity contribution in [2.45, 2.75) is 52.7 Å². The zero-order valence-electron chi connectivity index (χ0n) is 15.7. The summed E-state index contributed by atoms with van der Waals surface area (Å²) in [5.74, 6) is 0.707. The Kier molecular flexibility index (Phi) is 6.27. The molecule has 1 aliphatic heterocycles. The molecule has 2 heterocycles. The molecule has 26 heavy (non-hydrogen) atoms. The summed E-state index contributed by atoms with van der Waals surface area (Å²) in [5, 5.41) is 3.98. The third-order valence-corrected chi connectivity index (χ3v) is 5.48. The molecule has 0 saturated carbocycles. The van der Waals surface area contributed by atoms with Crippen LogP contribution in [-0.2, 0) is 6.54 Å². The lowest BCUT2D eigenvalue weighted by Crippen LogP contribution is -2.28. The number of carbonyl (C=O) groups is 1. The Bertz CT molecular complexity index is 734. The molecule has 0 bridgehead atoms. The molecular formula is C20H27N3O2S. The first-order chi connectivity index (χ1) is 12.5. The van der Waals surface area contributed by atoms with E-state index in [9.17, 15) is 4.79 Å². The zero-order chi connectivity index (χ0) is 18.5. The van der Waals surface area contributed by atoms with Crippen molar-refractivity contribution < 1.29 is 9.53 Å².